The predicted octanol–water partition coefficient (Wildman–Crippen LogP) is 2.19. The summed E-state index contributed by atoms with van der Waals surface area (Å²) >= 11 is 0. The molecular formula is C23H29N3O4. The van der Waals surface area contributed by atoms with E-state index in [4.69, 9.17) is 4.74 Å². The Balaban J connectivity index is 1.59. The summed E-state index contributed by atoms with van der Waals surface area (Å²) in [6.07, 6.45) is 2.74. The van der Waals surface area contributed by atoms with Crippen LogP contribution in [-0.2, 0) is 20.9 Å². The number of ether oxygens (including phenoxy) is 1. The fourth-order valence-corrected chi connectivity index (χ4v) is 4.70. The zero-order chi connectivity index (χ0) is 21.3. The van der Waals surface area contributed by atoms with Crippen molar-refractivity contribution in [1.29, 1.82) is 0 Å². The van der Waals surface area contributed by atoms with E-state index in [0.29, 0.717) is 62.2 Å². The first-order valence-corrected chi connectivity index (χ1v) is 10.7. The Morgan fingerprint density at radius 3 is 2.37 bits per heavy atom. The number of carbonyl (C=O) groups excluding carboxylic acids is 3. The minimum absolute atomic E-state index is 0.0111. The number of morpholine rings is 1. The molecule has 2 aliphatic rings. The van der Waals surface area contributed by atoms with Crippen LogP contribution in [0.2, 0.25) is 0 Å². The standard InChI is InChI=1S/C23H29N3O4/c1-16-11-17(2)13-26(12-16)23(29)22(28)19-14-25(20-6-4-3-5-18(19)20)15-21(27)24-7-9-30-10-8-24/h3-6,14,16-17H,7-13,15H2,1-2H3. The van der Waals surface area contributed by atoms with Crippen LogP contribution in [0.15, 0.2) is 30.5 Å². The van der Waals surface area contributed by atoms with Gasteiger partial charge in [-0.3, -0.25) is 14.4 Å². The molecule has 2 aliphatic heterocycles. The minimum Gasteiger partial charge on any atom is -0.378 e. The van der Waals surface area contributed by atoms with Gasteiger partial charge >= 0.3 is 0 Å². The number of Topliss-reactive ketones (excluding diaryl/α,β-unsaturated/α-hetero) is 1. The SMILES string of the molecule is CC1CC(C)CN(C(=O)C(=O)c2cn(CC(=O)N3CCOCC3)c3ccccc23)C1. The van der Waals surface area contributed by atoms with Crippen LogP contribution in [0.1, 0.15) is 30.6 Å². The number of likely N-dealkylation sites (tertiary alicyclic amines) is 1. The molecule has 0 bridgehead atoms. The van der Waals surface area contributed by atoms with Crippen LogP contribution in [0.4, 0.5) is 0 Å². The number of piperidine rings is 1. The smallest absolute Gasteiger partial charge is 0.295 e. The van der Waals surface area contributed by atoms with Crippen LogP contribution >= 0.6 is 0 Å². The number of aromatic nitrogens is 1. The topological polar surface area (TPSA) is 71.9 Å². The van der Waals surface area contributed by atoms with E-state index in [-0.39, 0.29) is 12.5 Å². The van der Waals surface area contributed by atoms with Gasteiger partial charge in [0.1, 0.15) is 6.54 Å². The van der Waals surface area contributed by atoms with Crippen LogP contribution in [0.3, 0.4) is 0 Å². The zero-order valence-corrected chi connectivity index (χ0v) is 17.7. The maximum atomic E-state index is 13.2. The number of amides is 2. The number of ketones is 1. The van der Waals surface area contributed by atoms with E-state index in [1.807, 2.05) is 24.3 Å². The van der Waals surface area contributed by atoms with Crippen LogP contribution in [0.5, 0.6) is 0 Å². The highest BCUT2D eigenvalue weighted by atomic mass is 16.5. The molecule has 0 saturated carbocycles. The number of hydrogen-bond acceptors (Lipinski definition) is 4. The van der Waals surface area contributed by atoms with Gasteiger partial charge in [-0.2, -0.15) is 0 Å². The molecule has 1 aromatic heterocycles. The Labute approximate surface area is 176 Å². The van der Waals surface area contributed by atoms with Crippen LogP contribution in [-0.4, -0.2) is 71.4 Å². The van der Waals surface area contributed by atoms with Crippen LogP contribution in [0.25, 0.3) is 10.9 Å². The Morgan fingerprint density at radius 2 is 1.67 bits per heavy atom. The average Bonchev–Trinajstić information content (AvgIpc) is 3.11. The summed E-state index contributed by atoms with van der Waals surface area (Å²) in [6, 6.07) is 7.45. The quantitative estimate of drug-likeness (QED) is 0.571. The van der Waals surface area contributed by atoms with Crippen molar-refractivity contribution in [3.63, 3.8) is 0 Å². The number of fused-ring (bicyclic) bond motifs is 1. The second-order valence-electron chi connectivity index (χ2n) is 8.67. The summed E-state index contributed by atoms with van der Waals surface area (Å²) in [5, 5.41) is 0.712. The zero-order valence-electron chi connectivity index (χ0n) is 17.7. The van der Waals surface area contributed by atoms with Crippen LogP contribution < -0.4 is 0 Å². The number of para-hydroxylation sites is 1. The molecule has 0 N–H and O–H groups in total. The lowest BCUT2D eigenvalue weighted by Gasteiger charge is -2.34. The van der Waals surface area contributed by atoms with Crippen molar-refractivity contribution in [3.8, 4) is 0 Å². The third-order valence-corrected chi connectivity index (χ3v) is 6.05. The molecule has 3 heterocycles. The van der Waals surface area contributed by atoms with Crippen molar-refractivity contribution in [3.05, 3.63) is 36.0 Å². The monoisotopic (exact) mass is 411 g/mol. The second-order valence-corrected chi connectivity index (χ2v) is 8.67. The number of rotatable bonds is 4. The molecule has 7 nitrogen and oxygen atoms in total. The van der Waals surface area contributed by atoms with Crippen LogP contribution in [0, 0.1) is 11.8 Å². The van der Waals surface area contributed by atoms with Gasteiger partial charge in [-0.05, 0) is 24.3 Å². The van der Waals surface area contributed by atoms with Crippen molar-refractivity contribution >= 4 is 28.5 Å². The van der Waals surface area contributed by atoms with Gasteiger partial charge in [0, 0.05) is 43.3 Å². The fourth-order valence-electron chi connectivity index (χ4n) is 4.70. The highest BCUT2D eigenvalue weighted by Gasteiger charge is 2.31. The summed E-state index contributed by atoms with van der Waals surface area (Å²) in [7, 11) is 0. The second kappa shape index (κ2) is 8.60. The number of hydrogen-bond donors (Lipinski definition) is 0. The molecule has 2 fully saturated rings. The van der Waals surface area contributed by atoms with Crippen molar-refractivity contribution in [2.75, 3.05) is 39.4 Å². The molecule has 2 saturated heterocycles. The van der Waals surface area contributed by atoms with Gasteiger partial charge in [0.25, 0.3) is 11.7 Å². The third-order valence-electron chi connectivity index (χ3n) is 6.05. The maximum absolute atomic E-state index is 13.2. The van der Waals surface area contributed by atoms with E-state index >= 15 is 0 Å². The van der Waals surface area contributed by atoms with Gasteiger partial charge in [-0.25, -0.2) is 0 Å². The van der Waals surface area contributed by atoms with E-state index < -0.39 is 11.7 Å². The summed E-state index contributed by atoms with van der Waals surface area (Å²) in [5.41, 5.74) is 1.16. The van der Waals surface area contributed by atoms with Crippen molar-refractivity contribution < 1.29 is 19.1 Å². The molecular weight excluding hydrogens is 382 g/mol. The van der Waals surface area contributed by atoms with Gasteiger partial charge in [0.2, 0.25) is 5.91 Å². The first-order valence-electron chi connectivity index (χ1n) is 10.7. The number of nitrogens with zero attached hydrogens (tertiary/aromatic N) is 3. The van der Waals surface area contributed by atoms with E-state index in [1.165, 1.54) is 0 Å². The van der Waals surface area contributed by atoms with Crippen molar-refractivity contribution in [2.24, 2.45) is 11.8 Å². The van der Waals surface area contributed by atoms with E-state index in [1.54, 1.807) is 20.6 Å². The van der Waals surface area contributed by atoms with E-state index in [9.17, 15) is 14.4 Å². The fraction of sp³-hybridized carbons (Fsp3) is 0.522. The van der Waals surface area contributed by atoms with E-state index in [2.05, 4.69) is 13.8 Å². The maximum Gasteiger partial charge on any atom is 0.295 e. The van der Waals surface area contributed by atoms with Crippen molar-refractivity contribution in [1.82, 2.24) is 14.4 Å². The summed E-state index contributed by atoms with van der Waals surface area (Å²) in [5.74, 6) is -0.181. The number of benzene rings is 1. The molecule has 7 heteroatoms. The Morgan fingerprint density at radius 1 is 1.00 bits per heavy atom. The van der Waals surface area contributed by atoms with Gasteiger partial charge in [0.15, 0.2) is 0 Å². The summed E-state index contributed by atoms with van der Waals surface area (Å²) < 4.78 is 7.10. The Hall–Kier alpha value is -2.67. The van der Waals surface area contributed by atoms with Crippen molar-refractivity contribution in [2.45, 2.75) is 26.8 Å². The predicted molar refractivity (Wildman–Crippen MR) is 113 cm³/mol. The lowest BCUT2D eigenvalue weighted by Crippen LogP contribution is -2.45. The molecule has 2 amide bonds. The highest BCUT2D eigenvalue weighted by molar-refractivity contribution is 6.44. The molecule has 0 aliphatic carbocycles. The Kier molecular flexibility index (Phi) is 5.90. The molecule has 30 heavy (non-hydrogen) atoms. The lowest BCUT2D eigenvalue weighted by atomic mass is 9.91. The normalized spacial score (nSPS) is 22.3. The Bertz CT molecular complexity index is 951. The summed E-state index contributed by atoms with van der Waals surface area (Å²) in [6.45, 7) is 7.84. The molecule has 1 aromatic carbocycles. The molecule has 2 atom stereocenters. The van der Waals surface area contributed by atoms with Gasteiger partial charge < -0.3 is 19.1 Å². The molecule has 0 spiro atoms. The van der Waals surface area contributed by atoms with Gasteiger partial charge in [-0.15, -0.1) is 0 Å². The first-order chi connectivity index (χ1) is 14.4. The lowest BCUT2D eigenvalue weighted by molar-refractivity contribution is -0.135. The van der Waals surface area contributed by atoms with Gasteiger partial charge in [-0.1, -0.05) is 32.0 Å². The molecule has 4 rings (SSSR count). The molecule has 2 aromatic rings. The third kappa shape index (κ3) is 4.12. The van der Waals surface area contributed by atoms with E-state index in [0.717, 1.165) is 11.9 Å². The number of carbonyl (C=O) groups is 3. The summed E-state index contributed by atoms with van der Waals surface area (Å²) in [4.78, 5) is 42.3. The molecule has 160 valence electrons. The largest absolute Gasteiger partial charge is 0.378 e. The minimum atomic E-state index is -0.495. The average molecular weight is 412 g/mol. The molecule has 0 radical (unpaired) electrons. The molecule has 2 unspecified atom stereocenters. The highest BCUT2D eigenvalue weighted by Crippen LogP contribution is 2.25. The first kappa shape index (κ1) is 20.6. The van der Waals surface area contributed by atoms with Gasteiger partial charge in [0.05, 0.1) is 18.8 Å².